The van der Waals surface area contributed by atoms with Crippen LogP contribution >= 0.6 is 0 Å². The van der Waals surface area contributed by atoms with E-state index in [4.69, 9.17) is 5.26 Å². The normalized spacial score (nSPS) is 15.3. The molecule has 2 amide bonds. The lowest BCUT2D eigenvalue weighted by Crippen LogP contribution is -2.54. The Bertz CT molecular complexity index is 586. The average molecular weight is 285 g/mol. The zero-order valence-corrected chi connectivity index (χ0v) is 12.4. The molecule has 5 heteroatoms. The van der Waals surface area contributed by atoms with E-state index in [1.807, 2.05) is 43.0 Å². The van der Waals surface area contributed by atoms with Crippen LogP contribution in [0.25, 0.3) is 0 Å². The second-order valence-electron chi connectivity index (χ2n) is 5.35. The van der Waals surface area contributed by atoms with Crippen molar-refractivity contribution in [2.24, 2.45) is 0 Å². The molecule has 0 aliphatic carbocycles. The number of nitrogens with zero attached hydrogens (tertiary/aromatic N) is 3. The molecule has 1 aliphatic heterocycles. The van der Waals surface area contributed by atoms with Gasteiger partial charge in [-0.2, -0.15) is 5.26 Å². The van der Waals surface area contributed by atoms with E-state index in [2.05, 4.69) is 0 Å². The van der Waals surface area contributed by atoms with E-state index in [0.717, 1.165) is 16.8 Å². The Morgan fingerprint density at radius 3 is 2.48 bits per heavy atom. The number of amides is 2. The molecule has 1 heterocycles. The average Bonchev–Trinajstić information content (AvgIpc) is 2.44. The number of imide groups is 1. The van der Waals surface area contributed by atoms with Crippen molar-refractivity contribution in [3.8, 4) is 6.07 Å². The van der Waals surface area contributed by atoms with Gasteiger partial charge in [0.2, 0.25) is 11.8 Å². The Morgan fingerprint density at radius 1 is 1.19 bits per heavy atom. The fourth-order valence-electron chi connectivity index (χ4n) is 2.49. The first kappa shape index (κ1) is 15.0. The summed E-state index contributed by atoms with van der Waals surface area (Å²) >= 11 is 0. The van der Waals surface area contributed by atoms with Crippen molar-refractivity contribution in [2.75, 3.05) is 24.5 Å². The van der Waals surface area contributed by atoms with Gasteiger partial charge in [0, 0.05) is 18.7 Å². The van der Waals surface area contributed by atoms with E-state index in [1.54, 1.807) is 0 Å². The third kappa shape index (κ3) is 3.40. The Hall–Kier alpha value is -2.35. The third-order valence-corrected chi connectivity index (χ3v) is 3.63. The predicted molar refractivity (Wildman–Crippen MR) is 79.7 cm³/mol. The lowest BCUT2D eigenvalue weighted by Gasteiger charge is -2.34. The van der Waals surface area contributed by atoms with Gasteiger partial charge in [-0.15, -0.1) is 0 Å². The van der Waals surface area contributed by atoms with Gasteiger partial charge >= 0.3 is 0 Å². The fourth-order valence-corrected chi connectivity index (χ4v) is 2.49. The third-order valence-electron chi connectivity index (χ3n) is 3.63. The summed E-state index contributed by atoms with van der Waals surface area (Å²) in [7, 11) is 0. The molecule has 0 N–H and O–H groups in total. The van der Waals surface area contributed by atoms with Crippen molar-refractivity contribution in [2.45, 2.75) is 26.7 Å². The number of rotatable bonds is 4. The lowest BCUT2D eigenvalue weighted by molar-refractivity contribution is -0.145. The van der Waals surface area contributed by atoms with Crippen LogP contribution in [0, 0.1) is 25.2 Å². The number of unbranched alkanes of at least 4 members (excludes halogenated alkanes) is 1. The molecular formula is C16H19N3O2. The summed E-state index contributed by atoms with van der Waals surface area (Å²) in [6.07, 6.45) is 0.898. The zero-order valence-electron chi connectivity index (χ0n) is 12.4. The molecule has 1 fully saturated rings. The Morgan fingerprint density at radius 2 is 1.86 bits per heavy atom. The molecule has 0 radical (unpaired) electrons. The van der Waals surface area contributed by atoms with Crippen molar-refractivity contribution in [3.05, 3.63) is 29.3 Å². The molecule has 0 spiro atoms. The number of hydrogen-bond acceptors (Lipinski definition) is 4. The van der Waals surface area contributed by atoms with Crippen LogP contribution in [0.1, 0.15) is 24.0 Å². The summed E-state index contributed by atoms with van der Waals surface area (Å²) in [5, 5.41) is 8.53. The minimum atomic E-state index is -0.190. The molecular weight excluding hydrogens is 266 g/mol. The molecule has 0 aromatic heterocycles. The molecule has 110 valence electrons. The summed E-state index contributed by atoms with van der Waals surface area (Å²) in [6, 6.07) is 8.04. The Labute approximate surface area is 124 Å². The Balaban J connectivity index is 2.11. The second kappa shape index (κ2) is 6.40. The van der Waals surface area contributed by atoms with Crippen molar-refractivity contribution >= 4 is 17.5 Å². The smallest absolute Gasteiger partial charge is 0.248 e. The summed E-state index contributed by atoms with van der Waals surface area (Å²) in [5.74, 6) is -0.379. The molecule has 0 atom stereocenters. The van der Waals surface area contributed by atoms with Crippen LogP contribution in [0.15, 0.2) is 18.2 Å². The number of aryl methyl sites for hydroxylation is 2. The number of anilines is 1. The van der Waals surface area contributed by atoms with Gasteiger partial charge in [0.05, 0.1) is 19.2 Å². The quantitative estimate of drug-likeness (QED) is 0.625. The molecule has 1 aliphatic rings. The molecule has 5 nitrogen and oxygen atoms in total. The standard InChI is InChI=1S/C16H19N3O2/c1-12-5-6-13(2)14(9-12)18-10-15(20)19(16(21)11-18)8-4-3-7-17/h5-6,9H,3-4,8,10-11H2,1-2H3. The molecule has 0 saturated carbocycles. The van der Waals surface area contributed by atoms with Crippen molar-refractivity contribution in [1.82, 2.24) is 4.90 Å². The van der Waals surface area contributed by atoms with Crippen LogP contribution in [-0.4, -0.2) is 36.3 Å². The van der Waals surface area contributed by atoms with Crippen LogP contribution in [0.4, 0.5) is 5.69 Å². The first-order valence-corrected chi connectivity index (χ1v) is 7.05. The van der Waals surface area contributed by atoms with E-state index in [9.17, 15) is 9.59 Å². The summed E-state index contributed by atoms with van der Waals surface area (Å²) in [4.78, 5) is 27.4. The van der Waals surface area contributed by atoms with Gasteiger partial charge in [-0.25, -0.2) is 0 Å². The highest BCUT2D eigenvalue weighted by Crippen LogP contribution is 2.23. The Kier molecular flexibility index (Phi) is 4.59. The first-order valence-electron chi connectivity index (χ1n) is 7.05. The van der Waals surface area contributed by atoms with Gasteiger partial charge in [0.15, 0.2) is 0 Å². The maximum Gasteiger partial charge on any atom is 0.248 e. The minimum absolute atomic E-state index is 0.190. The molecule has 1 saturated heterocycles. The number of benzene rings is 1. The van der Waals surface area contributed by atoms with Crippen molar-refractivity contribution in [3.63, 3.8) is 0 Å². The van der Waals surface area contributed by atoms with Gasteiger partial charge in [-0.1, -0.05) is 12.1 Å². The van der Waals surface area contributed by atoms with Gasteiger partial charge < -0.3 is 4.90 Å². The molecule has 0 bridgehead atoms. The summed E-state index contributed by atoms with van der Waals surface area (Å²) in [6.45, 7) is 4.73. The number of carbonyl (C=O) groups excluding carboxylic acids is 2. The van der Waals surface area contributed by atoms with E-state index in [-0.39, 0.29) is 24.9 Å². The minimum Gasteiger partial charge on any atom is -0.353 e. The van der Waals surface area contributed by atoms with E-state index in [1.165, 1.54) is 4.90 Å². The second-order valence-corrected chi connectivity index (χ2v) is 5.35. The number of nitriles is 1. The van der Waals surface area contributed by atoms with Crippen LogP contribution in [0.5, 0.6) is 0 Å². The van der Waals surface area contributed by atoms with Gasteiger partial charge in [-0.05, 0) is 37.5 Å². The van der Waals surface area contributed by atoms with Gasteiger partial charge in [-0.3, -0.25) is 14.5 Å². The summed E-state index contributed by atoms with van der Waals surface area (Å²) < 4.78 is 0. The van der Waals surface area contributed by atoms with Crippen molar-refractivity contribution < 1.29 is 9.59 Å². The number of carbonyl (C=O) groups is 2. The largest absolute Gasteiger partial charge is 0.353 e. The molecule has 1 aromatic rings. The monoisotopic (exact) mass is 285 g/mol. The fraction of sp³-hybridized carbons (Fsp3) is 0.438. The van der Waals surface area contributed by atoms with Crippen LogP contribution in [0.3, 0.4) is 0 Å². The zero-order chi connectivity index (χ0) is 15.4. The van der Waals surface area contributed by atoms with Gasteiger partial charge in [0.1, 0.15) is 0 Å². The molecule has 21 heavy (non-hydrogen) atoms. The first-order chi connectivity index (χ1) is 10.0. The van der Waals surface area contributed by atoms with Crippen LogP contribution in [-0.2, 0) is 9.59 Å². The number of hydrogen-bond donors (Lipinski definition) is 0. The van der Waals surface area contributed by atoms with E-state index < -0.39 is 0 Å². The van der Waals surface area contributed by atoms with E-state index in [0.29, 0.717) is 19.4 Å². The molecule has 0 unspecified atom stereocenters. The maximum absolute atomic E-state index is 12.2. The predicted octanol–water partition coefficient (Wildman–Crippen LogP) is 1.78. The molecule has 1 aromatic carbocycles. The maximum atomic E-state index is 12.2. The summed E-state index contributed by atoms with van der Waals surface area (Å²) in [5.41, 5.74) is 3.10. The van der Waals surface area contributed by atoms with Crippen LogP contribution in [0.2, 0.25) is 0 Å². The molecule has 2 rings (SSSR count). The van der Waals surface area contributed by atoms with Crippen molar-refractivity contribution in [1.29, 1.82) is 5.26 Å². The highest BCUT2D eigenvalue weighted by molar-refractivity contribution is 6.02. The number of piperazine rings is 1. The van der Waals surface area contributed by atoms with E-state index >= 15 is 0 Å². The topological polar surface area (TPSA) is 64.4 Å². The SMILES string of the molecule is Cc1ccc(C)c(N2CC(=O)N(CCCC#N)C(=O)C2)c1. The lowest BCUT2D eigenvalue weighted by atomic mass is 10.1. The van der Waals surface area contributed by atoms with Crippen LogP contribution < -0.4 is 4.90 Å². The highest BCUT2D eigenvalue weighted by atomic mass is 16.2. The van der Waals surface area contributed by atoms with Gasteiger partial charge in [0.25, 0.3) is 0 Å². The highest BCUT2D eigenvalue weighted by Gasteiger charge is 2.31.